The van der Waals surface area contributed by atoms with Crippen LogP contribution in [0.15, 0.2) is 29.2 Å². The van der Waals surface area contributed by atoms with Gasteiger partial charge in [0.05, 0.1) is 4.90 Å². The average Bonchev–Trinajstić information content (AvgIpc) is 2.47. The van der Waals surface area contributed by atoms with Gasteiger partial charge in [0.25, 0.3) is 0 Å². The van der Waals surface area contributed by atoms with Crippen LogP contribution in [0.1, 0.15) is 38.2 Å². The molecule has 2 unspecified atom stereocenters. The zero-order chi connectivity index (χ0) is 14.8. The number of nitrogens with zero attached hydrogens (tertiary/aromatic N) is 1. The molecule has 3 nitrogen and oxygen atoms in total. The fourth-order valence-electron chi connectivity index (χ4n) is 2.97. The minimum atomic E-state index is -3.43. The smallest absolute Gasteiger partial charge is 0.207 e. The van der Waals surface area contributed by atoms with Gasteiger partial charge in [0.15, 0.2) is 0 Å². The van der Waals surface area contributed by atoms with Gasteiger partial charge in [-0.25, -0.2) is 8.42 Å². The molecule has 5 heteroatoms. The number of hydrogen-bond acceptors (Lipinski definition) is 2. The molecule has 0 bridgehead atoms. The molecule has 1 aliphatic rings. The highest BCUT2D eigenvalue weighted by molar-refractivity contribution is 7.89. The molecule has 1 aromatic carbocycles. The predicted octanol–water partition coefficient (Wildman–Crippen LogP) is 3.62. The van der Waals surface area contributed by atoms with Crippen molar-refractivity contribution < 1.29 is 8.42 Å². The Kier molecular flexibility index (Phi) is 5.10. The molecule has 2 atom stereocenters. The lowest BCUT2D eigenvalue weighted by Gasteiger charge is -2.35. The molecule has 0 aromatic heterocycles. The van der Waals surface area contributed by atoms with Crippen LogP contribution in [0.25, 0.3) is 0 Å². The van der Waals surface area contributed by atoms with Gasteiger partial charge in [0, 0.05) is 19.0 Å². The molecule has 0 saturated heterocycles. The zero-order valence-corrected chi connectivity index (χ0v) is 13.6. The van der Waals surface area contributed by atoms with Crippen LogP contribution in [-0.4, -0.2) is 25.8 Å². The molecule has 1 saturated carbocycles. The summed E-state index contributed by atoms with van der Waals surface area (Å²) in [5, 5.41) is 0. The first-order valence-electron chi connectivity index (χ1n) is 7.09. The van der Waals surface area contributed by atoms with E-state index in [-0.39, 0.29) is 6.04 Å². The Morgan fingerprint density at radius 1 is 1.30 bits per heavy atom. The van der Waals surface area contributed by atoms with Crippen molar-refractivity contribution in [3.8, 4) is 0 Å². The van der Waals surface area contributed by atoms with Gasteiger partial charge in [-0.3, -0.25) is 0 Å². The first-order chi connectivity index (χ1) is 9.46. The summed E-state index contributed by atoms with van der Waals surface area (Å²) in [4.78, 5) is 0.343. The van der Waals surface area contributed by atoms with Crippen molar-refractivity contribution in [2.45, 2.75) is 49.4 Å². The number of rotatable bonds is 4. The number of sulfonamides is 1. The van der Waals surface area contributed by atoms with Crippen molar-refractivity contribution in [3.05, 3.63) is 29.8 Å². The highest BCUT2D eigenvalue weighted by Gasteiger charge is 2.32. The van der Waals surface area contributed by atoms with Crippen molar-refractivity contribution in [1.82, 2.24) is 4.31 Å². The maximum Gasteiger partial charge on any atom is 0.243 e. The van der Waals surface area contributed by atoms with Crippen molar-refractivity contribution in [1.29, 1.82) is 0 Å². The fraction of sp³-hybridized carbons (Fsp3) is 0.600. The van der Waals surface area contributed by atoms with Gasteiger partial charge in [-0.15, -0.1) is 11.6 Å². The van der Waals surface area contributed by atoms with Crippen molar-refractivity contribution in [2.24, 2.45) is 5.92 Å². The number of alkyl halides is 1. The van der Waals surface area contributed by atoms with Gasteiger partial charge in [0.2, 0.25) is 10.0 Å². The van der Waals surface area contributed by atoms with Gasteiger partial charge in [-0.1, -0.05) is 31.9 Å². The minimum Gasteiger partial charge on any atom is -0.207 e. The van der Waals surface area contributed by atoms with E-state index in [9.17, 15) is 8.42 Å². The molecule has 0 spiro atoms. The summed E-state index contributed by atoms with van der Waals surface area (Å²) < 4.78 is 27.0. The van der Waals surface area contributed by atoms with E-state index in [2.05, 4.69) is 6.92 Å². The molecular formula is C15H22ClNO2S. The van der Waals surface area contributed by atoms with Crippen LogP contribution in [-0.2, 0) is 15.9 Å². The quantitative estimate of drug-likeness (QED) is 0.796. The summed E-state index contributed by atoms with van der Waals surface area (Å²) >= 11 is 5.79. The molecule has 0 aliphatic heterocycles. The Bertz CT molecular complexity index is 559. The summed E-state index contributed by atoms with van der Waals surface area (Å²) in [5.41, 5.74) is 0.831. The Morgan fingerprint density at radius 3 is 2.65 bits per heavy atom. The molecule has 112 valence electrons. The summed E-state index contributed by atoms with van der Waals surface area (Å²) in [6.07, 6.45) is 4.36. The summed E-state index contributed by atoms with van der Waals surface area (Å²) in [5.74, 6) is 0.743. The van der Waals surface area contributed by atoms with Gasteiger partial charge >= 0.3 is 0 Å². The third-order valence-corrected chi connectivity index (χ3v) is 6.45. The van der Waals surface area contributed by atoms with E-state index in [0.717, 1.165) is 24.8 Å². The third kappa shape index (κ3) is 3.18. The van der Waals surface area contributed by atoms with Gasteiger partial charge in [-0.2, -0.15) is 4.31 Å². The second kappa shape index (κ2) is 6.46. The van der Waals surface area contributed by atoms with Gasteiger partial charge in [-0.05, 0) is 36.5 Å². The molecular weight excluding hydrogens is 294 g/mol. The van der Waals surface area contributed by atoms with E-state index < -0.39 is 10.0 Å². The molecule has 20 heavy (non-hydrogen) atoms. The van der Waals surface area contributed by atoms with E-state index in [1.165, 1.54) is 6.42 Å². The van der Waals surface area contributed by atoms with Crippen molar-refractivity contribution >= 4 is 21.6 Å². The SMILES string of the molecule is CC1CCCCC1N(C)S(=O)(=O)c1cccc(CCl)c1. The third-order valence-electron chi connectivity index (χ3n) is 4.26. The van der Waals surface area contributed by atoms with Crippen LogP contribution in [0, 0.1) is 5.92 Å². The Balaban J connectivity index is 2.28. The lowest BCUT2D eigenvalue weighted by Crippen LogP contribution is -2.42. The van der Waals surface area contributed by atoms with Gasteiger partial charge < -0.3 is 0 Å². The van der Waals surface area contributed by atoms with E-state index in [1.54, 1.807) is 29.6 Å². The Morgan fingerprint density at radius 2 is 2.00 bits per heavy atom. The fourth-order valence-corrected chi connectivity index (χ4v) is 4.69. The Hall–Kier alpha value is -0.580. The minimum absolute atomic E-state index is 0.105. The first kappa shape index (κ1) is 15.8. The maximum atomic E-state index is 12.7. The second-order valence-electron chi connectivity index (χ2n) is 5.63. The van der Waals surface area contributed by atoms with Crippen LogP contribution in [0.5, 0.6) is 0 Å². The first-order valence-corrected chi connectivity index (χ1v) is 9.07. The molecule has 1 aromatic rings. The molecule has 2 rings (SSSR count). The lowest BCUT2D eigenvalue weighted by atomic mass is 9.86. The van der Waals surface area contributed by atoms with Crippen LogP contribution in [0.2, 0.25) is 0 Å². The van der Waals surface area contributed by atoms with E-state index in [1.807, 2.05) is 6.07 Å². The highest BCUT2D eigenvalue weighted by Crippen LogP contribution is 2.30. The van der Waals surface area contributed by atoms with E-state index in [4.69, 9.17) is 11.6 Å². The van der Waals surface area contributed by atoms with E-state index in [0.29, 0.717) is 16.7 Å². The summed E-state index contributed by atoms with van der Waals surface area (Å²) in [6, 6.07) is 7.02. The number of hydrogen-bond donors (Lipinski definition) is 0. The van der Waals surface area contributed by atoms with Crippen LogP contribution >= 0.6 is 11.6 Å². The topological polar surface area (TPSA) is 37.4 Å². The number of halogens is 1. The van der Waals surface area contributed by atoms with E-state index >= 15 is 0 Å². The van der Waals surface area contributed by atoms with Crippen molar-refractivity contribution in [2.75, 3.05) is 7.05 Å². The molecule has 1 fully saturated rings. The van der Waals surface area contributed by atoms with Crippen LogP contribution in [0.3, 0.4) is 0 Å². The van der Waals surface area contributed by atoms with Crippen LogP contribution in [0.4, 0.5) is 0 Å². The summed E-state index contributed by atoms with van der Waals surface area (Å²) in [7, 11) is -1.73. The molecule has 0 radical (unpaired) electrons. The van der Waals surface area contributed by atoms with Gasteiger partial charge in [0.1, 0.15) is 0 Å². The lowest BCUT2D eigenvalue weighted by molar-refractivity contribution is 0.213. The van der Waals surface area contributed by atoms with Crippen LogP contribution < -0.4 is 0 Å². The predicted molar refractivity (Wildman–Crippen MR) is 82.4 cm³/mol. The average molecular weight is 316 g/mol. The Labute approximate surface area is 127 Å². The number of benzene rings is 1. The molecule has 1 aliphatic carbocycles. The zero-order valence-electron chi connectivity index (χ0n) is 12.0. The normalized spacial score (nSPS) is 24.0. The largest absolute Gasteiger partial charge is 0.243 e. The standard InChI is InChI=1S/C15H22ClNO2S/c1-12-6-3-4-9-15(12)17(2)20(18,19)14-8-5-7-13(10-14)11-16/h5,7-8,10,12,15H,3-4,6,9,11H2,1-2H3. The summed E-state index contributed by atoms with van der Waals surface area (Å²) in [6.45, 7) is 2.14. The highest BCUT2D eigenvalue weighted by atomic mass is 35.5. The molecule has 0 amide bonds. The second-order valence-corrected chi connectivity index (χ2v) is 7.90. The molecule has 0 N–H and O–H groups in total. The van der Waals surface area contributed by atoms with Crippen molar-refractivity contribution in [3.63, 3.8) is 0 Å². The molecule has 0 heterocycles. The maximum absolute atomic E-state index is 12.7. The monoisotopic (exact) mass is 315 g/mol.